The molecule has 202 valence electrons. The van der Waals surface area contributed by atoms with Gasteiger partial charge in [-0.3, -0.25) is 4.79 Å². The van der Waals surface area contributed by atoms with E-state index in [9.17, 15) is 14.3 Å². The number of pyridine rings is 1. The largest absolute Gasteiger partial charge is 0.485 e. The number of hydrogen-bond donors (Lipinski definition) is 2. The second kappa shape index (κ2) is 11.7. The van der Waals surface area contributed by atoms with Crippen LogP contribution in [0, 0.1) is 17.7 Å². The molecule has 0 amide bonds. The fourth-order valence-corrected chi connectivity index (χ4v) is 5.58. The van der Waals surface area contributed by atoms with Gasteiger partial charge in [-0.05, 0) is 84.4 Å². The first kappa shape index (κ1) is 27.9. The van der Waals surface area contributed by atoms with Crippen molar-refractivity contribution in [2.75, 3.05) is 13.7 Å². The quantitative estimate of drug-likeness (QED) is 0.340. The molecule has 1 aliphatic carbocycles. The number of aromatic nitrogens is 1. The van der Waals surface area contributed by atoms with E-state index in [1.165, 1.54) is 13.3 Å². The average Bonchev–Trinajstić information content (AvgIpc) is 3.74. The van der Waals surface area contributed by atoms with Crippen molar-refractivity contribution in [2.24, 2.45) is 17.6 Å². The van der Waals surface area contributed by atoms with Crippen LogP contribution in [0.2, 0.25) is 0 Å². The molecule has 8 heteroatoms. The highest BCUT2D eigenvalue weighted by atomic mass is 35.5. The maximum atomic E-state index is 14.7. The summed E-state index contributed by atoms with van der Waals surface area (Å²) in [4.78, 5) is 15.7. The van der Waals surface area contributed by atoms with Crippen LogP contribution in [-0.4, -0.2) is 29.7 Å². The van der Waals surface area contributed by atoms with Crippen molar-refractivity contribution < 1.29 is 23.8 Å². The second-order valence-electron chi connectivity index (χ2n) is 10.2. The van der Waals surface area contributed by atoms with Crippen molar-refractivity contribution in [3.05, 3.63) is 76.7 Å². The van der Waals surface area contributed by atoms with Gasteiger partial charge in [-0.2, -0.15) is 0 Å². The molecule has 3 aromatic rings. The molecule has 1 saturated carbocycles. The molecule has 1 aliphatic heterocycles. The maximum absolute atomic E-state index is 14.7. The lowest BCUT2D eigenvalue weighted by molar-refractivity contribution is -0.142. The first-order chi connectivity index (χ1) is 17.9. The lowest BCUT2D eigenvalue weighted by Crippen LogP contribution is -2.21. The van der Waals surface area contributed by atoms with E-state index in [1.54, 1.807) is 13.0 Å². The molecule has 3 atom stereocenters. The van der Waals surface area contributed by atoms with Crippen molar-refractivity contribution >= 4 is 18.4 Å². The van der Waals surface area contributed by atoms with Crippen LogP contribution in [0.25, 0.3) is 11.1 Å². The van der Waals surface area contributed by atoms with Crippen molar-refractivity contribution in [3.8, 4) is 22.8 Å². The van der Waals surface area contributed by atoms with E-state index in [0.29, 0.717) is 30.3 Å². The first-order valence-corrected chi connectivity index (χ1v) is 12.9. The number of methoxy groups -OCH3 is 1. The Morgan fingerprint density at radius 1 is 1.18 bits per heavy atom. The zero-order chi connectivity index (χ0) is 26.1. The average molecular weight is 541 g/mol. The Morgan fingerprint density at radius 2 is 1.97 bits per heavy atom. The number of carboxylic acid groups (broad SMARTS) is 1. The van der Waals surface area contributed by atoms with Gasteiger partial charge in [0.2, 0.25) is 5.88 Å². The minimum Gasteiger partial charge on any atom is -0.485 e. The monoisotopic (exact) mass is 540 g/mol. The van der Waals surface area contributed by atoms with Gasteiger partial charge in [0.05, 0.1) is 19.2 Å². The van der Waals surface area contributed by atoms with Crippen LogP contribution in [0.1, 0.15) is 60.5 Å². The van der Waals surface area contributed by atoms with E-state index >= 15 is 0 Å². The fourth-order valence-electron chi connectivity index (χ4n) is 5.58. The molecule has 0 bridgehead atoms. The molecule has 2 heterocycles. The van der Waals surface area contributed by atoms with E-state index < -0.39 is 17.7 Å². The van der Waals surface area contributed by atoms with Gasteiger partial charge in [-0.25, -0.2) is 9.37 Å². The number of rotatable bonds is 9. The Morgan fingerprint density at radius 3 is 2.66 bits per heavy atom. The van der Waals surface area contributed by atoms with Crippen molar-refractivity contribution in [2.45, 2.75) is 51.0 Å². The van der Waals surface area contributed by atoms with Gasteiger partial charge in [0.1, 0.15) is 17.7 Å². The summed E-state index contributed by atoms with van der Waals surface area (Å²) in [5, 5.41) is 9.67. The molecular weight excluding hydrogens is 507 g/mol. The summed E-state index contributed by atoms with van der Waals surface area (Å²) >= 11 is 0. The third kappa shape index (κ3) is 5.64. The number of ether oxygens (including phenoxy) is 2. The van der Waals surface area contributed by atoms with Gasteiger partial charge in [-0.1, -0.05) is 37.3 Å². The number of halogens is 2. The van der Waals surface area contributed by atoms with Crippen LogP contribution in [-0.2, 0) is 17.6 Å². The molecule has 2 aliphatic rings. The van der Waals surface area contributed by atoms with Crippen LogP contribution in [0.3, 0.4) is 0 Å². The Labute approximate surface area is 228 Å². The normalized spacial score (nSPS) is 17.9. The summed E-state index contributed by atoms with van der Waals surface area (Å²) < 4.78 is 26.4. The van der Waals surface area contributed by atoms with E-state index in [4.69, 9.17) is 15.2 Å². The SMILES string of the molecule is COc1cc(-c2ccc([C@H]3CCc4ccc([C@H](C5CC5)[C@H](C)C(=O)O)cc4O3)cc2CCN)c(F)cn1.Cl. The van der Waals surface area contributed by atoms with E-state index in [2.05, 4.69) is 29.2 Å². The molecule has 6 nitrogen and oxygen atoms in total. The van der Waals surface area contributed by atoms with Gasteiger partial charge in [-0.15, -0.1) is 12.4 Å². The topological polar surface area (TPSA) is 94.7 Å². The fraction of sp³-hybridized carbons (Fsp3) is 0.400. The Hall–Kier alpha value is -3.16. The molecule has 5 rings (SSSR count). The first-order valence-electron chi connectivity index (χ1n) is 12.9. The van der Waals surface area contributed by atoms with Crippen molar-refractivity contribution in [1.29, 1.82) is 0 Å². The van der Waals surface area contributed by atoms with Crippen LogP contribution in [0.4, 0.5) is 4.39 Å². The number of nitrogens with zero attached hydrogens (tertiary/aromatic N) is 1. The number of nitrogens with two attached hydrogens (primary N) is 1. The molecule has 0 unspecified atom stereocenters. The number of carbonyl (C=O) groups is 1. The highest BCUT2D eigenvalue weighted by molar-refractivity contribution is 5.85. The second-order valence-corrected chi connectivity index (χ2v) is 10.2. The van der Waals surface area contributed by atoms with Gasteiger partial charge in [0.15, 0.2) is 0 Å². The van der Waals surface area contributed by atoms with Gasteiger partial charge >= 0.3 is 5.97 Å². The minimum atomic E-state index is -0.760. The zero-order valence-corrected chi connectivity index (χ0v) is 22.5. The van der Waals surface area contributed by atoms with Gasteiger partial charge < -0.3 is 20.3 Å². The number of hydrogen-bond acceptors (Lipinski definition) is 5. The van der Waals surface area contributed by atoms with Crippen LogP contribution >= 0.6 is 12.4 Å². The predicted molar refractivity (Wildman–Crippen MR) is 147 cm³/mol. The molecule has 0 saturated heterocycles. The van der Waals surface area contributed by atoms with Gasteiger partial charge in [0, 0.05) is 11.6 Å². The number of carboxylic acids is 1. The highest BCUT2D eigenvalue weighted by Crippen LogP contribution is 2.48. The summed E-state index contributed by atoms with van der Waals surface area (Å²) in [6, 6.07) is 13.8. The van der Waals surface area contributed by atoms with Crippen molar-refractivity contribution in [1.82, 2.24) is 4.98 Å². The van der Waals surface area contributed by atoms with Gasteiger partial charge in [0.25, 0.3) is 0 Å². The molecule has 38 heavy (non-hydrogen) atoms. The molecule has 0 spiro atoms. The molecule has 1 aromatic heterocycles. The summed E-state index contributed by atoms with van der Waals surface area (Å²) in [7, 11) is 1.51. The number of benzene rings is 2. The Bertz CT molecular complexity index is 1310. The lowest BCUT2D eigenvalue weighted by Gasteiger charge is -2.29. The maximum Gasteiger partial charge on any atom is 0.306 e. The molecule has 2 aromatic carbocycles. The van der Waals surface area contributed by atoms with Crippen LogP contribution < -0.4 is 15.2 Å². The molecule has 0 radical (unpaired) electrons. The minimum absolute atomic E-state index is 0. The van der Waals surface area contributed by atoms with Crippen LogP contribution in [0.5, 0.6) is 11.6 Å². The molecule has 1 fully saturated rings. The van der Waals surface area contributed by atoms with Crippen LogP contribution in [0.15, 0.2) is 48.7 Å². The standard InChI is InChI=1S/C30H33FN2O4.ClH/c1-17(30(34)35)29(19-4-5-19)22-6-3-18-8-10-26(37-27(18)14-22)21-7-9-23(20(13-21)11-12-32)24-15-28(36-2)33-16-25(24)31;/h3,6-7,9,13-17,19,26,29H,4-5,8,10-12,32H2,1-2H3,(H,34,35);1H/t17-,26+,29-;/m0./s1. The number of aliphatic carboxylic acids is 1. The highest BCUT2D eigenvalue weighted by Gasteiger charge is 2.39. The van der Waals surface area contributed by atoms with E-state index in [-0.39, 0.29) is 24.4 Å². The summed E-state index contributed by atoms with van der Waals surface area (Å²) in [5.41, 5.74) is 11.2. The molecular formula is C30H34ClFN2O4. The summed E-state index contributed by atoms with van der Waals surface area (Å²) in [5.74, 6) is -0.0254. The third-order valence-electron chi connectivity index (χ3n) is 7.72. The summed E-state index contributed by atoms with van der Waals surface area (Å²) in [6.07, 6.45) is 5.45. The van der Waals surface area contributed by atoms with E-state index in [1.807, 2.05) is 12.1 Å². The third-order valence-corrected chi connectivity index (χ3v) is 7.72. The predicted octanol–water partition coefficient (Wildman–Crippen LogP) is 6.10. The van der Waals surface area contributed by atoms with E-state index in [0.717, 1.165) is 59.3 Å². The smallest absolute Gasteiger partial charge is 0.306 e. The number of fused-ring (bicyclic) bond motifs is 1. The summed E-state index contributed by atoms with van der Waals surface area (Å²) in [6.45, 7) is 2.23. The van der Waals surface area contributed by atoms with Crippen molar-refractivity contribution in [3.63, 3.8) is 0 Å². The lowest BCUT2D eigenvalue weighted by atomic mass is 9.82. The Kier molecular flexibility index (Phi) is 8.58. The molecule has 3 N–H and O–H groups in total. The zero-order valence-electron chi connectivity index (χ0n) is 21.7. The Balaban J connectivity index is 0.00000336. The number of aryl methyl sites for hydroxylation is 1.